The lowest BCUT2D eigenvalue weighted by molar-refractivity contribution is -0.119. The van der Waals surface area contributed by atoms with E-state index in [0.29, 0.717) is 5.56 Å². The molecule has 0 aliphatic rings. The summed E-state index contributed by atoms with van der Waals surface area (Å²) < 4.78 is 40.3. The number of hydrazone groups is 1. The van der Waals surface area contributed by atoms with Crippen LogP contribution in [0.4, 0.5) is 10.1 Å². The molecule has 0 aliphatic heterocycles. The average Bonchev–Trinajstić information content (AvgIpc) is 2.76. The summed E-state index contributed by atoms with van der Waals surface area (Å²) in [7, 11) is -4.13. The van der Waals surface area contributed by atoms with Gasteiger partial charge in [0.2, 0.25) is 0 Å². The topological polar surface area (TPSA) is 78.8 Å². The first-order valence-electron chi connectivity index (χ1n) is 8.88. The van der Waals surface area contributed by atoms with Crippen molar-refractivity contribution in [1.29, 1.82) is 0 Å². The molecule has 3 aromatic carbocycles. The number of benzene rings is 3. The summed E-state index contributed by atoms with van der Waals surface area (Å²) in [5.41, 5.74) is 2.86. The molecule has 0 bridgehead atoms. The first-order valence-corrected chi connectivity index (χ1v) is 11.1. The second-order valence-corrected chi connectivity index (χ2v) is 8.89. The predicted octanol–water partition coefficient (Wildman–Crippen LogP) is 4.48. The molecule has 10 heteroatoms. The van der Waals surface area contributed by atoms with E-state index < -0.39 is 28.3 Å². The highest BCUT2D eigenvalue weighted by Crippen LogP contribution is 2.35. The molecule has 0 atom stereocenters. The summed E-state index contributed by atoms with van der Waals surface area (Å²) >= 11 is 12.3. The molecule has 0 aromatic heterocycles. The van der Waals surface area contributed by atoms with Gasteiger partial charge in [0.25, 0.3) is 15.9 Å². The van der Waals surface area contributed by atoms with Gasteiger partial charge in [0.15, 0.2) is 0 Å². The molecule has 1 N–H and O–H groups in total. The summed E-state index contributed by atoms with van der Waals surface area (Å²) in [6.07, 6.45) is 1.31. The van der Waals surface area contributed by atoms with E-state index in [-0.39, 0.29) is 20.6 Å². The van der Waals surface area contributed by atoms with Gasteiger partial charge in [-0.1, -0.05) is 59.6 Å². The number of carbonyl (C=O) groups is 1. The molecular formula is C21H16Cl2FN3O3S. The van der Waals surface area contributed by atoms with Crippen LogP contribution in [0.5, 0.6) is 0 Å². The maximum Gasteiger partial charge on any atom is 0.264 e. The van der Waals surface area contributed by atoms with Crippen molar-refractivity contribution >= 4 is 51.0 Å². The van der Waals surface area contributed by atoms with Crippen LogP contribution in [-0.4, -0.2) is 27.1 Å². The van der Waals surface area contributed by atoms with Crippen molar-refractivity contribution in [2.45, 2.75) is 4.90 Å². The first kappa shape index (κ1) is 22.7. The number of nitrogens with zero attached hydrogens (tertiary/aromatic N) is 2. The summed E-state index contributed by atoms with van der Waals surface area (Å²) in [5.74, 6) is -1.12. The van der Waals surface area contributed by atoms with Gasteiger partial charge in [0.05, 0.1) is 26.8 Å². The molecule has 6 nitrogen and oxygen atoms in total. The smallest absolute Gasteiger partial charge is 0.264 e. The predicted molar refractivity (Wildman–Crippen MR) is 120 cm³/mol. The van der Waals surface area contributed by atoms with Gasteiger partial charge in [-0.25, -0.2) is 18.2 Å². The van der Waals surface area contributed by atoms with Crippen molar-refractivity contribution in [2.75, 3.05) is 10.8 Å². The van der Waals surface area contributed by atoms with Gasteiger partial charge in [-0.2, -0.15) is 5.10 Å². The zero-order valence-electron chi connectivity index (χ0n) is 15.9. The number of hydrogen-bond donors (Lipinski definition) is 1. The lowest BCUT2D eigenvalue weighted by Gasteiger charge is -2.24. The molecule has 3 aromatic rings. The number of hydrogen-bond acceptors (Lipinski definition) is 4. The van der Waals surface area contributed by atoms with Crippen molar-refractivity contribution in [3.05, 3.63) is 94.2 Å². The minimum absolute atomic E-state index is 0.00807. The van der Waals surface area contributed by atoms with Crippen molar-refractivity contribution in [1.82, 2.24) is 5.43 Å². The zero-order valence-corrected chi connectivity index (χ0v) is 18.2. The standard InChI is InChI=1S/C21H16Cl2FN3O3S/c22-18-7-4-8-19(21(18)23)27(31(29,30)17-5-2-1-3-6-17)14-20(28)26-25-13-15-9-11-16(24)12-10-15/h1-13H,14H2,(H,26,28)/b25-13+. The van der Waals surface area contributed by atoms with Crippen LogP contribution >= 0.6 is 23.2 Å². The largest absolute Gasteiger partial charge is 0.271 e. The highest BCUT2D eigenvalue weighted by atomic mass is 35.5. The average molecular weight is 480 g/mol. The summed E-state index contributed by atoms with van der Waals surface area (Å²) in [6, 6.07) is 17.6. The fraction of sp³-hybridized carbons (Fsp3) is 0.0476. The molecule has 31 heavy (non-hydrogen) atoms. The van der Waals surface area contributed by atoms with Gasteiger partial charge in [0.1, 0.15) is 12.4 Å². The fourth-order valence-corrected chi connectivity index (χ4v) is 4.50. The van der Waals surface area contributed by atoms with E-state index in [1.807, 2.05) is 0 Å². The van der Waals surface area contributed by atoms with Crippen molar-refractivity contribution < 1.29 is 17.6 Å². The van der Waals surface area contributed by atoms with Crippen LogP contribution in [0, 0.1) is 5.82 Å². The van der Waals surface area contributed by atoms with Crippen molar-refractivity contribution in [3.63, 3.8) is 0 Å². The highest BCUT2D eigenvalue weighted by Gasteiger charge is 2.29. The summed E-state index contributed by atoms with van der Waals surface area (Å²) in [5, 5.41) is 3.92. The third-order valence-corrected chi connectivity index (χ3v) is 6.67. The van der Waals surface area contributed by atoms with Crippen LogP contribution in [0.25, 0.3) is 0 Å². The van der Waals surface area contributed by atoms with Crippen molar-refractivity contribution in [3.8, 4) is 0 Å². The van der Waals surface area contributed by atoms with E-state index >= 15 is 0 Å². The Hall–Kier alpha value is -2.94. The van der Waals surface area contributed by atoms with E-state index in [2.05, 4.69) is 10.5 Å². The molecule has 1 amide bonds. The molecule has 0 fully saturated rings. The number of carbonyl (C=O) groups excluding carboxylic acids is 1. The molecule has 0 radical (unpaired) electrons. The van der Waals surface area contributed by atoms with Crippen molar-refractivity contribution in [2.24, 2.45) is 5.10 Å². The second kappa shape index (κ2) is 9.91. The van der Waals surface area contributed by atoms with Gasteiger partial charge in [-0.3, -0.25) is 9.10 Å². The Morgan fingerprint density at radius 3 is 2.35 bits per heavy atom. The summed E-state index contributed by atoms with van der Waals surface area (Å²) in [4.78, 5) is 12.5. The SMILES string of the molecule is O=C(CN(c1cccc(Cl)c1Cl)S(=O)(=O)c1ccccc1)N/N=C/c1ccc(F)cc1. The molecule has 160 valence electrons. The van der Waals surface area contributed by atoms with Gasteiger partial charge in [-0.05, 0) is 42.0 Å². The number of anilines is 1. The lowest BCUT2D eigenvalue weighted by atomic mass is 10.2. The Morgan fingerprint density at radius 2 is 1.68 bits per heavy atom. The second-order valence-electron chi connectivity index (χ2n) is 6.24. The first-order chi connectivity index (χ1) is 14.8. The Kier molecular flexibility index (Phi) is 7.27. The Balaban J connectivity index is 1.87. The molecule has 0 spiro atoms. The number of halogens is 3. The molecule has 0 saturated heterocycles. The summed E-state index contributed by atoms with van der Waals surface area (Å²) in [6.45, 7) is -0.599. The highest BCUT2D eigenvalue weighted by molar-refractivity contribution is 7.92. The molecule has 0 heterocycles. The van der Waals surface area contributed by atoms with Crippen LogP contribution in [0.3, 0.4) is 0 Å². The maximum atomic E-state index is 13.2. The third kappa shape index (κ3) is 5.61. The van der Waals surface area contributed by atoms with Crippen LogP contribution in [0.1, 0.15) is 5.56 Å². The zero-order chi connectivity index (χ0) is 22.4. The maximum absolute atomic E-state index is 13.2. The van der Waals surface area contributed by atoms with Gasteiger partial charge < -0.3 is 0 Å². The fourth-order valence-electron chi connectivity index (χ4n) is 2.60. The quantitative estimate of drug-likeness (QED) is 0.400. The van der Waals surface area contributed by atoms with Crippen LogP contribution < -0.4 is 9.73 Å². The minimum Gasteiger partial charge on any atom is -0.271 e. The van der Waals surface area contributed by atoms with E-state index in [1.54, 1.807) is 18.2 Å². The number of sulfonamides is 1. The van der Waals surface area contributed by atoms with Gasteiger partial charge in [0, 0.05) is 0 Å². The van der Waals surface area contributed by atoms with Crippen LogP contribution in [0.2, 0.25) is 10.0 Å². The normalized spacial score (nSPS) is 11.5. The van der Waals surface area contributed by atoms with E-state index in [0.717, 1.165) is 4.31 Å². The van der Waals surface area contributed by atoms with Gasteiger partial charge in [-0.15, -0.1) is 0 Å². The van der Waals surface area contributed by atoms with E-state index in [4.69, 9.17) is 23.2 Å². The minimum atomic E-state index is -4.13. The van der Waals surface area contributed by atoms with E-state index in [1.165, 1.54) is 60.8 Å². The third-order valence-electron chi connectivity index (χ3n) is 4.09. The number of rotatable bonds is 7. The molecule has 3 rings (SSSR count). The molecule has 0 saturated carbocycles. The molecule has 0 aliphatic carbocycles. The Labute approximate surface area is 189 Å². The number of amides is 1. The Bertz CT molecular complexity index is 1200. The lowest BCUT2D eigenvalue weighted by Crippen LogP contribution is -2.39. The number of nitrogens with one attached hydrogen (secondary N) is 1. The molecular weight excluding hydrogens is 464 g/mol. The van der Waals surface area contributed by atoms with E-state index in [9.17, 15) is 17.6 Å². The van der Waals surface area contributed by atoms with Crippen LogP contribution in [-0.2, 0) is 14.8 Å². The monoisotopic (exact) mass is 479 g/mol. The van der Waals surface area contributed by atoms with Gasteiger partial charge >= 0.3 is 0 Å². The Morgan fingerprint density at radius 1 is 1.00 bits per heavy atom. The van der Waals surface area contributed by atoms with Crippen LogP contribution in [0.15, 0.2) is 82.8 Å². The molecule has 0 unspecified atom stereocenters.